The summed E-state index contributed by atoms with van der Waals surface area (Å²) in [7, 11) is 0. The number of benzene rings is 1. The molecule has 34 heavy (non-hydrogen) atoms. The zero-order valence-electron chi connectivity index (χ0n) is 20.9. The zero-order chi connectivity index (χ0) is 25.4. The third-order valence-corrected chi connectivity index (χ3v) is 7.95. The van der Waals surface area contributed by atoms with Crippen molar-refractivity contribution in [3.63, 3.8) is 0 Å². The minimum absolute atomic E-state index is 0.0310. The number of amides is 2. The molecule has 0 spiro atoms. The van der Waals surface area contributed by atoms with Gasteiger partial charge in [0.25, 0.3) is 0 Å². The first-order valence-electron chi connectivity index (χ1n) is 11.8. The number of hydrogen-bond donors (Lipinski definition) is 1. The first kappa shape index (κ1) is 26.7. The van der Waals surface area contributed by atoms with Crippen LogP contribution in [-0.2, 0) is 32.0 Å². The lowest BCUT2D eigenvalue weighted by Crippen LogP contribution is -2.51. The van der Waals surface area contributed by atoms with E-state index in [1.165, 1.54) is 0 Å². The molecule has 2 aliphatic rings. The smallest absolute Gasteiger partial charge is 0.410 e. The van der Waals surface area contributed by atoms with Gasteiger partial charge in [0.2, 0.25) is 5.91 Å². The van der Waals surface area contributed by atoms with E-state index < -0.39 is 17.7 Å². The molecule has 2 amide bonds. The number of aliphatic hydroxyl groups is 1. The van der Waals surface area contributed by atoms with E-state index in [4.69, 9.17) is 9.47 Å². The van der Waals surface area contributed by atoms with Gasteiger partial charge in [-0.2, -0.15) is 0 Å². The van der Waals surface area contributed by atoms with Gasteiger partial charge in [-0.1, -0.05) is 0 Å². The normalized spacial score (nSPS) is 17.9. The van der Waals surface area contributed by atoms with E-state index in [0.717, 1.165) is 25.8 Å². The molecule has 9 heteroatoms. The van der Waals surface area contributed by atoms with Crippen molar-refractivity contribution >= 4 is 40.6 Å². The molecule has 188 valence electrons. The van der Waals surface area contributed by atoms with Crippen LogP contribution in [0, 0.1) is 17.4 Å². The van der Waals surface area contributed by atoms with Gasteiger partial charge in [0.05, 0.1) is 13.0 Å². The van der Waals surface area contributed by atoms with Crippen molar-refractivity contribution in [1.82, 2.24) is 9.80 Å². The number of fused-ring (bicyclic) bond motifs is 1. The number of hydrogen-bond acceptors (Lipinski definition) is 6. The predicted molar refractivity (Wildman–Crippen MR) is 135 cm³/mol. The van der Waals surface area contributed by atoms with E-state index in [1.807, 2.05) is 39.5 Å². The van der Waals surface area contributed by atoms with Gasteiger partial charge in [-0.3, -0.25) is 4.79 Å². The van der Waals surface area contributed by atoms with Crippen LogP contribution >= 0.6 is 22.6 Å². The van der Waals surface area contributed by atoms with Crippen molar-refractivity contribution in [1.29, 1.82) is 0 Å². The summed E-state index contributed by atoms with van der Waals surface area (Å²) in [6.45, 7) is 12.9. The molecule has 0 saturated carbocycles. The van der Waals surface area contributed by atoms with E-state index in [-0.39, 0.29) is 31.1 Å². The SMILES string of the molecule is CCOC(=O)[C@@H](O)c1c(C)c2c(c(C)c1I)CN(C1CCN(C(=O)OC(C)(C)C)CC1)C(=O)C2. The van der Waals surface area contributed by atoms with E-state index in [2.05, 4.69) is 22.6 Å². The lowest BCUT2D eigenvalue weighted by molar-refractivity contribution is -0.153. The molecule has 0 aromatic heterocycles. The maximum Gasteiger partial charge on any atom is 0.410 e. The summed E-state index contributed by atoms with van der Waals surface area (Å²) in [5.74, 6) is -0.646. The molecular weight excluding hydrogens is 551 g/mol. The van der Waals surface area contributed by atoms with Crippen molar-refractivity contribution in [2.75, 3.05) is 19.7 Å². The molecular formula is C25H35IN2O6. The average Bonchev–Trinajstić information content (AvgIpc) is 2.76. The van der Waals surface area contributed by atoms with Crippen LogP contribution in [0.1, 0.15) is 74.5 Å². The molecule has 2 heterocycles. The first-order chi connectivity index (χ1) is 15.9. The molecule has 2 aliphatic heterocycles. The first-order valence-corrected chi connectivity index (χ1v) is 12.9. The molecule has 3 rings (SSSR count). The highest BCUT2D eigenvalue weighted by Crippen LogP contribution is 2.37. The third-order valence-electron chi connectivity index (χ3n) is 6.56. The quantitative estimate of drug-likeness (QED) is 0.426. The van der Waals surface area contributed by atoms with Gasteiger partial charge in [-0.25, -0.2) is 9.59 Å². The summed E-state index contributed by atoms with van der Waals surface area (Å²) in [6.07, 6.45) is -0.0473. The maximum atomic E-state index is 13.2. The van der Waals surface area contributed by atoms with Crippen LogP contribution in [0.5, 0.6) is 0 Å². The Labute approximate surface area is 215 Å². The fourth-order valence-corrected chi connectivity index (χ4v) is 5.79. The van der Waals surface area contributed by atoms with Crippen LogP contribution in [0.15, 0.2) is 0 Å². The number of ether oxygens (including phenoxy) is 2. The Morgan fingerprint density at radius 1 is 1.15 bits per heavy atom. The Bertz CT molecular complexity index is 979. The molecule has 1 aromatic rings. The molecule has 0 radical (unpaired) electrons. The Morgan fingerprint density at radius 3 is 2.32 bits per heavy atom. The number of carbonyl (C=O) groups is 3. The lowest BCUT2D eigenvalue weighted by atomic mass is 9.85. The van der Waals surface area contributed by atoms with Gasteiger partial charge in [0, 0.05) is 34.8 Å². The standard InChI is InChI=1S/C25H35IN2O6/c1-7-33-23(31)22(30)20-14(2)17-12-19(29)28(13-18(17)15(3)21(20)26)16-8-10-27(11-9-16)24(32)34-25(4,5)6/h16,22,30H,7-13H2,1-6H3/t22-/m0/s1. The van der Waals surface area contributed by atoms with Crippen molar-refractivity contribution < 1.29 is 29.0 Å². The second-order valence-corrected chi connectivity index (χ2v) is 11.1. The van der Waals surface area contributed by atoms with Crippen LogP contribution < -0.4 is 0 Å². The second-order valence-electron chi connectivity index (χ2n) is 9.99. The second kappa shape index (κ2) is 10.4. The summed E-state index contributed by atoms with van der Waals surface area (Å²) in [6, 6.07) is 0.0569. The molecule has 1 atom stereocenters. The van der Waals surface area contributed by atoms with E-state index >= 15 is 0 Å². The maximum absolute atomic E-state index is 13.2. The van der Waals surface area contributed by atoms with Gasteiger partial charge >= 0.3 is 12.1 Å². The largest absolute Gasteiger partial charge is 0.464 e. The lowest BCUT2D eigenvalue weighted by Gasteiger charge is -2.41. The van der Waals surface area contributed by atoms with Crippen LogP contribution in [0.2, 0.25) is 0 Å². The Balaban J connectivity index is 1.79. The fraction of sp³-hybridized carbons (Fsp3) is 0.640. The van der Waals surface area contributed by atoms with E-state index in [1.54, 1.807) is 11.8 Å². The molecule has 0 unspecified atom stereocenters. The number of piperidine rings is 1. The predicted octanol–water partition coefficient (Wildman–Crippen LogP) is 3.79. The van der Waals surface area contributed by atoms with Crippen molar-refractivity contribution in [2.24, 2.45) is 0 Å². The number of rotatable bonds is 4. The topological polar surface area (TPSA) is 96.4 Å². The molecule has 8 nitrogen and oxygen atoms in total. The summed E-state index contributed by atoms with van der Waals surface area (Å²) >= 11 is 2.17. The Kier molecular flexibility index (Phi) is 8.17. The molecule has 1 fully saturated rings. The summed E-state index contributed by atoms with van der Waals surface area (Å²) < 4.78 is 11.3. The highest BCUT2D eigenvalue weighted by atomic mass is 127. The summed E-state index contributed by atoms with van der Waals surface area (Å²) in [5.41, 5.74) is 3.72. The minimum atomic E-state index is -1.37. The van der Waals surface area contributed by atoms with Gasteiger partial charge in [-0.15, -0.1) is 0 Å². The number of esters is 1. The van der Waals surface area contributed by atoms with E-state index in [0.29, 0.717) is 38.0 Å². The van der Waals surface area contributed by atoms with Gasteiger partial charge in [0.1, 0.15) is 5.60 Å². The Hall–Kier alpha value is -1.88. The van der Waals surface area contributed by atoms with Crippen LogP contribution in [0.4, 0.5) is 4.79 Å². The number of halogens is 1. The number of carbonyl (C=O) groups excluding carboxylic acids is 3. The molecule has 1 aromatic carbocycles. The number of likely N-dealkylation sites (tertiary alicyclic amines) is 1. The Morgan fingerprint density at radius 2 is 1.76 bits per heavy atom. The average molecular weight is 586 g/mol. The summed E-state index contributed by atoms with van der Waals surface area (Å²) in [4.78, 5) is 41.4. The third kappa shape index (κ3) is 5.50. The highest BCUT2D eigenvalue weighted by molar-refractivity contribution is 14.1. The van der Waals surface area contributed by atoms with Crippen LogP contribution in [0.3, 0.4) is 0 Å². The van der Waals surface area contributed by atoms with Gasteiger partial charge in [-0.05, 0) is 99.2 Å². The van der Waals surface area contributed by atoms with Crippen LogP contribution in [-0.4, -0.2) is 64.2 Å². The minimum Gasteiger partial charge on any atom is -0.464 e. The fourth-order valence-electron chi connectivity index (χ4n) is 4.76. The zero-order valence-corrected chi connectivity index (χ0v) is 23.0. The van der Waals surface area contributed by atoms with Crippen molar-refractivity contribution in [2.45, 2.75) is 85.1 Å². The summed E-state index contributed by atoms with van der Waals surface area (Å²) in [5, 5.41) is 10.7. The molecule has 0 bridgehead atoms. The monoisotopic (exact) mass is 586 g/mol. The van der Waals surface area contributed by atoms with Gasteiger partial charge in [0.15, 0.2) is 6.10 Å². The van der Waals surface area contributed by atoms with Crippen LogP contribution in [0.25, 0.3) is 0 Å². The molecule has 1 saturated heterocycles. The molecule has 1 N–H and O–H groups in total. The van der Waals surface area contributed by atoms with Crippen molar-refractivity contribution in [3.05, 3.63) is 31.4 Å². The van der Waals surface area contributed by atoms with Gasteiger partial charge < -0.3 is 24.4 Å². The molecule has 0 aliphatic carbocycles. The number of aliphatic hydroxyl groups excluding tert-OH is 1. The number of nitrogens with zero attached hydrogens (tertiary/aromatic N) is 2. The highest BCUT2D eigenvalue weighted by Gasteiger charge is 2.37. The van der Waals surface area contributed by atoms with Crippen molar-refractivity contribution in [3.8, 4) is 0 Å². The van der Waals surface area contributed by atoms with E-state index in [9.17, 15) is 19.5 Å².